The van der Waals surface area contributed by atoms with Crippen LogP contribution in [-0.4, -0.2) is 32.6 Å². The summed E-state index contributed by atoms with van der Waals surface area (Å²) in [6.45, 7) is 0.820. The lowest BCUT2D eigenvalue weighted by molar-refractivity contribution is 0.324. The van der Waals surface area contributed by atoms with Gasteiger partial charge in [-0.1, -0.05) is 53.8 Å². The van der Waals surface area contributed by atoms with Crippen LogP contribution in [0.3, 0.4) is 0 Å². The molecular weight excluding hydrogens is 414 g/mol. The van der Waals surface area contributed by atoms with Gasteiger partial charge in [-0.25, -0.2) is 4.99 Å². The summed E-state index contributed by atoms with van der Waals surface area (Å²) in [6, 6.07) is 13.7. The number of fused-ring (bicyclic) bond motifs is 1. The number of allylic oxidation sites excluding steroid dienone is 1. The van der Waals surface area contributed by atoms with Gasteiger partial charge in [0.1, 0.15) is 13.3 Å². The number of anilines is 1. The maximum atomic E-state index is 12.9. The second kappa shape index (κ2) is 9.09. The summed E-state index contributed by atoms with van der Waals surface area (Å²) in [5.74, 6) is 1.64. The van der Waals surface area contributed by atoms with Crippen LogP contribution in [0.25, 0.3) is 12.2 Å². The van der Waals surface area contributed by atoms with E-state index in [1.165, 1.54) is 11.3 Å². The second-order valence-electron chi connectivity index (χ2n) is 6.78. The van der Waals surface area contributed by atoms with Gasteiger partial charge in [-0.2, -0.15) is 0 Å². The third-order valence-electron chi connectivity index (χ3n) is 4.93. The van der Waals surface area contributed by atoms with Crippen LogP contribution in [0, 0.1) is 0 Å². The number of rotatable bonds is 6. The van der Waals surface area contributed by atoms with Crippen molar-refractivity contribution >= 4 is 29.2 Å². The Labute approximate surface area is 183 Å². The predicted octanol–water partition coefficient (Wildman–Crippen LogP) is 2.48. The molecule has 3 aromatic rings. The average molecular weight is 438 g/mol. The first-order valence-corrected chi connectivity index (χ1v) is 10.5. The molecule has 0 amide bonds. The van der Waals surface area contributed by atoms with Gasteiger partial charge in [0.2, 0.25) is 5.75 Å². The van der Waals surface area contributed by atoms with Gasteiger partial charge in [0.15, 0.2) is 16.3 Å². The normalized spacial score (nSPS) is 13.8. The zero-order valence-electron chi connectivity index (χ0n) is 17.6. The van der Waals surface area contributed by atoms with Crippen LogP contribution in [0.15, 0.2) is 58.3 Å². The van der Waals surface area contributed by atoms with Crippen LogP contribution in [0.1, 0.15) is 5.56 Å². The van der Waals surface area contributed by atoms with Crippen molar-refractivity contribution in [2.75, 3.05) is 32.9 Å². The molecular formula is C23H23N3O4S. The molecule has 2 heterocycles. The van der Waals surface area contributed by atoms with Gasteiger partial charge in [0.05, 0.1) is 25.9 Å². The first kappa shape index (κ1) is 20.7. The van der Waals surface area contributed by atoms with Crippen molar-refractivity contribution < 1.29 is 14.2 Å². The van der Waals surface area contributed by atoms with E-state index in [4.69, 9.17) is 14.2 Å². The molecule has 1 aliphatic rings. The van der Waals surface area contributed by atoms with Crippen molar-refractivity contribution in [2.45, 2.75) is 6.67 Å². The fourth-order valence-electron chi connectivity index (χ4n) is 3.35. The summed E-state index contributed by atoms with van der Waals surface area (Å²) in [5.41, 5.74) is 1.86. The molecule has 0 bridgehead atoms. The molecule has 160 valence electrons. The van der Waals surface area contributed by atoms with Crippen LogP contribution in [0.5, 0.6) is 17.2 Å². The van der Waals surface area contributed by atoms with Crippen molar-refractivity contribution in [3.63, 3.8) is 0 Å². The highest BCUT2D eigenvalue weighted by atomic mass is 32.1. The molecule has 0 aliphatic carbocycles. The Hall–Kier alpha value is -3.52. The lowest BCUT2D eigenvalue weighted by Gasteiger charge is -2.27. The Bertz CT molecular complexity index is 1250. The summed E-state index contributed by atoms with van der Waals surface area (Å²) < 4.78 is 18.6. The number of ether oxygens (including phenoxy) is 3. The second-order valence-corrected chi connectivity index (χ2v) is 7.79. The Kier molecular flexibility index (Phi) is 6.08. The molecule has 1 aromatic heterocycles. The van der Waals surface area contributed by atoms with Gasteiger partial charge in [-0.15, -0.1) is 0 Å². The Balaban J connectivity index is 1.64. The maximum Gasteiger partial charge on any atom is 0.271 e. The first-order chi connectivity index (χ1) is 15.1. The summed E-state index contributed by atoms with van der Waals surface area (Å²) >= 11 is 1.40. The van der Waals surface area contributed by atoms with E-state index in [0.717, 1.165) is 11.3 Å². The van der Waals surface area contributed by atoms with E-state index >= 15 is 0 Å². The predicted molar refractivity (Wildman–Crippen MR) is 123 cm³/mol. The minimum absolute atomic E-state index is 0.0568. The Morgan fingerprint density at radius 2 is 1.74 bits per heavy atom. The number of nitrogens with zero attached hydrogens (tertiary/aromatic N) is 3. The lowest BCUT2D eigenvalue weighted by atomic mass is 10.2. The zero-order valence-corrected chi connectivity index (χ0v) is 18.4. The highest BCUT2D eigenvalue weighted by Crippen LogP contribution is 2.41. The smallest absolute Gasteiger partial charge is 0.271 e. The van der Waals surface area contributed by atoms with Crippen molar-refractivity contribution in [2.24, 2.45) is 4.99 Å². The molecule has 8 heteroatoms. The number of thiazole rings is 1. The topological polar surface area (TPSA) is 65.3 Å². The van der Waals surface area contributed by atoms with Crippen LogP contribution in [0.4, 0.5) is 5.69 Å². The van der Waals surface area contributed by atoms with E-state index in [2.05, 4.69) is 4.99 Å². The molecule has 0 N–H and O–H groups in total. The molecule has 0 saturated heterocycles. The SMILES string of the molecule is COc1cc(N2CN=c3sc(=CC=Cc4ccccc4)c(=O)n3C2)cc(OC)c1OC. The molecule has 0 spiro atoms. The van der Waals surface area contributed by atoms with E-state index in [9.17, 15) is 4.79 Å². The van der Waals surface area contributed by atoms with E-state index in [-0.39, 0.29) is 5.56 Å². The van der Waals surface area contributed by atoms with Crippen molar-refractivity contribution in [1.29, 1.82) is 0 Å². The van der Waals surface area contributed by atoms with Crippen molar-refractivity contribution in [3.05, 3.63) is 73.8 Å². The highest BCUT2D eigenvalue weighted by molar-refractivity contribution is 7.07. The van der Waals surface area contributed by atoms with Crippen molar-refractivity contribution in [3.8, 4) is 17.2 Å². The van der Waals surface area contributed by atoms with Gasteiger partial charge in [0.25, 0.3) is 5.56 Å². The van der Waals surface area contributed by atoms with Crippen LogP contribution < -0.4 is 34.0 Å². The van der Waals surface area contributed by atoms with E-state index < -0.39 is 0 Å². The number of methoxy groups -OCH3 is 3. The third kappa shape index (κ3) is 4.20. The van der Waals surface area contributed by atoms with Crippen LogP contribution in [0.2, 0.25) is 0 Å². The minimum Gasteiger partial charge on any atom is -0.493 e. The first-order valence-electron chi connectivity index (χ1n) is 9.67. The standard InChI is InChI=1S/C23H23N3O4S/c1-28-18-12-17(13-19(29-2)21(18)30-3)25-14-24-23-26(15-25)22(27)20(31-23)11-7-10-16-8-5-4-6-9-16/h4-13H,14-15H2,1-3H3. The number of aromatic nitrogens is 1. The van der Waals surface area contributed by atoms with Gasteiger partial charge in [-0.3, -0.25) is 9.36 Å². The number of benzene rings is 2. The molecule has 1 aliphatic heterocycles. The van der Waals surface area contributed by atoms with Gasteiger partial charge >= 0.3 is 0 Å². The highest BCUT2D eigenvalue weighted by Gasteiger charge is 2.20. The van der Waals surface area contributed by atoms with E-state index in [0.29, 0.717) is 39.9 Å². The average Bonchev–Trinajstić information content (AvgIpc) is 3.13. The number of hydrogen-bond acceptors (Lipinski definition) is 7. The van der Waals surface area contributed by atoms with Crippen LogP contribution in [-0.2, 0) is 6.67 Å². The molecule has 31 heavy (non-hydrogen) atoms. The summed E-state index contributed by atoms with van der Waals surface area (Å²) in [6.07, 6.45) is 5.71. The van der Waals surface area contributed by atoms with Gasteiger partial charge in [0, 0.05) is 17.8 Å². The Morgan fingerprint density at radius 3 is 2.39 bits per heavy atom. The van der Waals surface area contributed by atoms with Gasteiger partial charge in [-0.05, 0) is 11.6 Å². The van der Waals surface area contributed by atoms with E-state index in [1.54, 1.807) is 25.9 Å². The summed E-state index contributed by atoms with van der Waals surface area (Å²) in [5, 5.41) is 0. The molecule has 0 saturated carbocycles. The monoisotopic (exact) mass is 437 g/mol. The van der Waals surface area contributed by atoms with E-state index in [1.807, 2.05) is 65.6 Å². The van der Waals surface area contributed by atoms with Gasteiger partial charge < -0.3 is 19.1 Å². The zero-order chi connectivity index (χ0) is 21.8. The molecule has 7 nitrogen and oxygen atoms in total. The fraction of sp³-hybridized carbons (Fsp3) is 0.217. The molecule has 4 rings (SSSR count). The molecule has 2 aromatic carbocycles. The Morgan fingerprint density at radius 1 is 1.03 bits per heavy atom. The largest absolute Gasteiger partial charge is 0.493 e. The summed E-state index contributed by atoms with van der Waals surface area (Å²) in [4.78, 5) is 20.2. The third-order valence-corrected chi connectivity index (χ3v) is 5.99. The number of hydrogen-bond donors (Lipinski definition) is 0. The molecule has 0 unspecified atom stereocenters. The van der Waals surface area contributed by atoms with Crippen LogP contribution >= 0.6 is 11.3 Å². The fourth-order valence-corrected chi connectivity index (χ4v) is 4.26. The minimum atomic E-state index is -0.0568. The quantitative estimate of drug-likeness (QED) is 0.593. The summed E-state index contributed by atoms with van der Waals surface area (Å²) in [7, 11) is 4.72. The maximum absolute atomic E-state index is 12.9. The molecule has 0 radical (unpaired) electrons. The molecule has 0 atom stereocenters. The lowest BCUT2D eigenvalue weighted by Crippen LogP contribution is -2.42. The molecule has 0 fully saturated rings. The van der Waals surface area contributed by atoms with Crippen molar-refractivity contribution in [1.82, 2.24) is 4.57 Å².